The SMILES string of the molecule is O=C(c1ccco1)N1N=C(c2ccco2)CC1c1cc2ccccc2nc1Cl. The molecule has 138 valence electrons. The summed E-state index contributed by atoms with van der Waals surface area (Å²) in [5, 5.41) is 7.21. The van der Waals surface area contributed by atoms with Crippen LogP contribution in [-0.2, 0) is 0 Å². The van der Waals surface area contributed by atoms with Gasteiger partial charge in [0.1, 0.15) is 16.6 Å². The molecule has 1 aromatic carbocycles. The Bertz CT molecular complexity index is 1180. The summed E-state index contributed by atoms with van der Waals surface area (Å²) < 4.78 is 10.8. The Morgan fingerprint density at radius 2 is 1.89 bits per heavy atom. The predicted molar refractivity (Wildman–Crippen MR) is 104 cm³/mol. The number of carbonyl (C=O) groups excluding carboxylic acids is 1. The first-order valence-electron chi connectivity index (χ1n) is 8.74. The molecule has 0 aliphatic carbocycles. The Morgan fingerprint density at radius 1 is 1.07 bits per heavy atom. The van der Waals surface area contributed by atoms with Gasteiger partial charge in [0.15, 0.2) is 5.76 Å². The van der Waals surface area contributed by atoms with Gasteiger partial charge in [0, 0.05) is 17.4 Å². The summed E-state index contributed by atoms with van der Waals surface area (Å²) >= 11 is 6.50. The number of pyridine rings is 1. The molecule has 1 amide bonds. The van der Waals surface area contributed by atoms with Gasteiger partial charge in [0.2, 0.25) is 0 Å². The Balaban J connectivity index is 1.61. The lowest BCUT2D eigenvalue weighted by molar-refractivity contribution is 0.0678. The number of carbonyl (C=O) groups is 1. The van der Waals surface area contributed by atoms with Crippen LogP contribution in [0.2, 0.25) is 5.15 Å². The largest absolute Gasteiger partial charge is 0.463 e. The quantitative estimate of drug-likeness (QED) is 0.457. The van der Waals surface area contributed by atoms with Crippen LogP contribution in [0.5, 0.6) is 0 Å². The van der Waals surface area contributed by atoms with Crippen LogP contribution in [-0.4, -0.2) is 21.6 Å². The molecule has 1 aliphatic heterocycles. The van der Waals surface area contributed by atoms with Gasteiger partial charge in [-0.05, 0) is 36.4 Å². The lowest BCUT2D eigenvalue weighted by Gasteiger charge is -2.22. The maximum atomic E-state index is 13.0. The van der Waals surface area contributed by atoms with E-state index in [1.54, 1.807) is 24.5 Å². The molecule has 1 atom stereocenters. The number of hydrogen-bond acceptors (Lipinski definition) is 5. The Hall–Kier alpha value is -3.38. The average molecular weight is 392 g/mol. The zero-order valence-corrected chi connectivity index (χ0v) is 15.3. The van der Waals surface area contributed by atoms with E-state index >= 15 is 0 Å². The highest BCUT2D eigenvalue weighted by Crippen LogP contribution is 2.38. The highest BCUT2D eigenvalue weighted by atomic mass is 35.5. The maximum Gasteiger partial charge on any atom is 0.310 e. The van der Waals surface area contributed by atoms with E-state index in [9.17, 15) is 4.79 Å². The lowest BCUT2D eigenvalue weighted by Crippen LogP contribution is -2.27. The molecule has 4 aromatic rings. The van der Waals surface area contributed by atoms with Crippen LogP contribution in [0.4, 0.5) is 0 Å². The summed E-state index contributed by atoms with van der Waals surface area (Å²) in [6.45, 7) is 0. The summed E-state index contributed by atoms with van der Waals surface area (Å²) in [4.78, 5) is 17.5. The van der Waals surface area contributed by atoms with Crippen molar-refractivity contribution in [2.24, 2.45) is 5.10 Å². The normalized spacial score (nSPS) is 16.5. The van der Waals surface area contributed by atoms with Gasteiger partial charge < -0.3 is 8.83 Å². The van der Waals surface area contributed by atoms with Crippen molar-refractivity contribution in [2.75, 3.05) is 0 Å². The molecule has 0 N–H and O–H groups in total. The molecule has 1 aliphatic rings. The summed E-state index contributed by atoms with van der Waals surface area (Å²) in [5.41, 5.74) is 2.19. The number of benzene rings is 1. The van der Waals surface area contributed by atoms with Crippen LogP contribution >= 0.6 is 11.6 Å². The molecule has 7 heteroatoms. The summed E-state index contributed by atoms with van der Waals surface area (Å²) in [6, 6.07) is 16.1. The van der Waals surface area contributed by atoms with E-state index in [0.29, 0.717) is 23.0 Å². The molecule has 1 unspecified atom stereocenters. The number of rotatable bonds is 3. The zero-order chi connectivity index (χ0) is 19.1. The van der Waals surface area contributed by atoms with Gasteiger partial charge in [-0.15, -0.1) is 0 Å². The fourth-order valence-corrected chi connectivity index (χ4v) is 3.66. The molecule has 0 saturated heterocycles. The molecule has 4 heterocycles. The minimum atomic E-state index is -0.415. The van der Waals surface area contributed by atoms with Crippen molar-refractivity contribution >= 4 is 34.1 Å². The second-order valence-corrected chi connectivity index (χ2v) is 6.79. The number of amides is 1. The Kier molecular flexibility index (Phi) is 3.98. The van der Waals surface area contributed by atoms with Crippen LogP contribution in [0.1, 0.15) is 34.3 Å². The van der Waals surface area contributed by atoms with Gasteiger partial charge in [-0.3, -0.25) is 4.79 Å². The van der Waals surface area contributed by atoms with Gasteiger partial charge in [-0.2, -0.15) is 5.10 Å². The zero-order valence-electron chi connectivity index (χ0n) is 14.6. The Morgan fingerprint density at radius 3 is 2.68 bits per heavy atom. The van der Waals surface area contributed by atoms with E-state index in [0.717, 1.165) is 16.5 Å². The van der Waals surface area contributed by atoms with Crippen molar-refractivity contribution in [3.8, 4) is 0 Å². The van der Waals surface area contributed by atoms with Crippen LogP contribution < -0.4 is 0 Å². The van der Waals surface area contributed by atoms with Crippen molar-refractivity contribution in [1.29, 1.82) is 0 Å². The monoisotopic (exact) mass is 391 g/mol. The molecule has 3 aromatic heterocycles. The number of halogens is 1. The van der Waals surface area contributed by atoms with E-state index in [-0.39, 0.29) is 11.7 Å². The number of nitrogens with zero attached hydrogens (tertiary/aromatic N) is 3. The molecule has 28 heavy (non-hydrogen) atoms. The molecule has 0 saturated carbocycles. The third-order valence-corrected chi connectivity index (χ3v) is 5.02. The van der Waals surface area contributed by atoms with Crippen LogP contribution in [0.15, 0.2) is 81.1 Å². The molecule has 0 bridgehead atoms. The molecule has 5 rings (SSSR count). The van der Waals surface area contributed by atoms with Crippen LogP contribution in [0.3, 0.4) is 0 Å². The minimum absolute atomic E-state index is 0.208. The third-order valence-electron chi connectivity index (χ3n) is 4.72. The highest BCUT2D eigenvalue weighted by molar-refractivity contribution is 6.30. The van der Waals surface area contributed by atoms with Gasteiger partial charge in [-0.25, -0.2) is 9.99 Å². The number of hydrazone groups is 1. The summed E-state index contributed by atoms with van der Waals surface area (Å²) in [7, 11) is 0. The molecule has 0 fully saturated rings. The van der Waals surface area contributed by atoms with E-state index in [4.69, 9.17) is 20.4 Å². The number of fused-ring (bicyclic) bond motifs is 1. The third kappa shape index (κ3) is 2.78. The molecule has 6 nitrogen and oxygen atoms in total. The van der Waals surface area contributed by atoms with Crippen molar-refractivity contribution < 1.29 is 13.6 Å². The number of aromatic nitrogens is 1. The fourth-order valence-electron chi connectivity index (χ4n) is 3.39. The second-order valence-electron chi connectivity index (χ2n) is 6.43. The van der Waals surface area contributed by atoms with E-state index < -0.39 is 6.04 Å². The van der Waals surface area contributed by atoms with E-state index in [1.807, 2.05) is 36.4 Å². The van der Waals surface area contributed by atoms with Gasteiger partial charge in [-0.1, -0.05) is 29.8 Å². The van der Waals surface area contributed by atoms with Crippen molar-refractivity contribution in [3.63, 3.8) is 0 Å². The minimum Gasteiger partial charge on any atom is -0.463 e. The van der Waals surface area contributed by atoms with Crippen LogP contribution in [0.25, 0.3) is 10.9 Å². The van der Waals surface area contributed by atoms with Crippen LogP contribution in [0, 0.1) is 0 Å². The molecular weight excluding hydrogens is 378 g/mol. The topological polar surface area (TPSA) is 71.8 Å². The fraction of sp³-hybridized carbons (Fsp3) is 0.0952. The van der Waals surface area contributed by atoms with E-state index in [2.05, 4.69) is 10.1 Å². The first-order valence-corrected chi connectivity index (χ1v) is 9.12. The summed E-state index contributed by atoms with van der Waals surface area (Å²) in [6.07, 6.45) is 3.49. The van der Waals surface area contributed by atoms with Gasteiger partial charge >= 0.3 is 5.91 Å². The van der Waals surface area contributed by atoms with Crippen molar-refractivity contribution in [1.82, 2.24) is 9.99 Å². The Labute approximate surface area is 165 Å². The second kappa shape index (κ2) is 6.65. The standard InChI is InChI=1S/C21H14ClN3O3/c22-20-14(11-13-5-1-2-6-15(13)23-20)17-12-16(18-7-3-9-27-18)24-25(17)21(26)19-8-4-10-28-19/h1-11,17H,12H2. The lowest BCUT2D eigenvalue weighted by atomic mass is 10.0. The molecule has 0 spiro atoms. The number of furan rings is 2. The smallest absolute Gasteiger partial charge is 0.310 e. The highest BCUT2D eigenvalue weighted by Gasteiger charge is 2.37. The number of hydrogen-bond donors (Lipinski definition) is 0. The maximum absolute atomic E-state index is 13.0. The number of para-hydroxylation sites is 1. The molecular formula is C21H14ClN3O3. The first kappa shape index (κ1) is 16.8. The van der Waals surface area contributed by atoms with E-state index in [1.165, 1.54) is 11.3 Å². The van der Waals surface area contributed by atoms with Crippen molar-refractivity contribution in [3.05, 3.63) is 89.4 Å². The summed E-state index contributed by atoms with van der Waals surface area (Å²) in [5.74, 6) is 0.477. The predicted octanol–water partition coefficient (Wildman–Crippen LogP) is 5.07. The average Bonchev–Trinajstić information content (AvgIpc) is 3.48. The van der Waals surface area contributed by atoms with Gasteiger partial charge in [0.25, 0.3) is 0 Å². The first-order chi connectivity index (χ1) is 13.7. The van der Waals surface area contributed by atoms with Crippen molar-refractivity contribution in [2.45, 2.75) is 12.5 Å². The van der Waals surface area contributed by atoms with Gasteiger partial charge in [0.05, 0.1) is 24.1 Å². The molecule has 0 radical (unpaired) electrons.